The molecule has 226 valence electrons. The quantitative estimate of drug-likeness (QED) is 0.248. The molecule has 0 radical (unpaired) electrons. The number of carbonyl (C=O) groups excluding carboxylic acids is 3. The lowest BCUT2D eigenvalue weighted by molar-refractivity contribution is -0.127. The molecule has 11 heteroatoms. The van der Waals surface area contributed by atoms with E-state index in [9.17, 15) is 14.4 Å². The average Bonchev–Trinajstić information content (AvgIpc) is 3.60. The van der Waals surface area contributed by atoms with Gasteiger partial charge in [0.25, 0.3) is 17.0 Å². The molecule has 2 aromatic rings. The van der Waals surface area contributed by atoms with E-state index in [1.54, 1.807) is 0 Å². The number of benzene rings is 1. The summed E-state index contributed by atoms with van der Waals surface area (Å²) in [6.45, 7) is 10.9. The molecule has 2 heterocycles. The van der Waals surface area contributed by atoms with E-state index in [0.717, 1.165) is 44.5 Å². The molecular weight excluding hydrogens is 562 g/mol. The van der Waals surface area contributed by atoms with E-state index in [4.69, 9.17) is 4.42 Å². The minimum Gasteiger partial charge on any atom is -0.408 e. The molecule has 1 saturated carbocycles. The molecule has 1 aliphatic carbocycles. The van der Waals surface area contributed by atoms with E-state index < -0.39 is 12.0 Å². The zero-order valence-corrected chi connectivity index (χ0v) is 26.2. The van der Waals surface area contributed by atoms with E-state index in [1.807, 2.05) is 52.0 Å². The van der Waals surface area contributed by atoms with Crippen molar-refractivity contribution in [2.45, 2.75) is 102 Å². The molecule has 0 spiro atoms. The van der Waals surface area contributed by atoms with Crippen molar-refractivity contribution in [2.75, 3.05) is 13.1 Å². The summed E-state index contributed by atoms with van der Waals surface area (Å²) in [5, 5.41) is 14.7. The first-order chi connectivity index (χ1) is 19.2. The third-order valence-corrected chi connectivity index (χ3v) is 8.41. The number of ketones is 1. The minimum atomic E-state index is -0.774. The van der Waals surface area contributed by atoms with Crippen LogP contribution in [0.2, 0.25) is 0 Å². The van der Waals surface area contributed by atoms with E-state index in [0.29, 0.717) is 23.6 Å². The molecule has 3 atom stereocenters. The minimum absolute atomic E-state index is 0. The second-order valence-corrected chi connectivity index (χ2v) is 13.2. The molecule has 2 N–H and O–H groups in total. The maximum Gasteiger partial charge on any atom is 0.286 e. The van der Waals surface area contributed by atoms with Crippen molar-refractivity contribution in [3.05, 3.63) is 41.3 Å². The molecule has 1 aromatic heterocycles. The third-order valence-electron chi connectivity index (χ3n) is 7.57. The summed E-state index contributed by atoms with van der Waals surface area (Å²) in [6.07, 6.45) is 6.06. The van der Waals surface area contributed by atoms with Crippen molar-refractivity contribution in [1.29, 1.82) is 0 Å². The highest BCUT2D eigenvalue weighted by Gasteiger charge is 2.36. The first kappa shape index (κ1) is 33.1. The fraction of sp³-hybridized carbons (Fsp3) is 0.633. The van der Waals surface area contributed by atoms with Gasteiger partial charge in [0, 0.05) is 23.4 Å². The Morgan fingerprint density at radius 2 is 1.73 bits per heavy atom. The number of thioether (sulfide) groups is 1. The third kappa shape index (κ3) is 9.28. The summed E-state index contributed by atoms with van der Waals surface area (Å²) >= 11 is 1.39. The van der Waals surface area contributed by atoms with Gasteiger partial charge in [0.15, 0.2) is 0 Å². The number of aromatic nitrogens is 2. The second-order valence-electron chi connectivity index (χ2n) is 11.7. The number of rotatable bonds is 12. The van der Waals surface area contributed by atoms with E-state index in [1.165, 1.54) is 24.6 Å². The Morgan fingerprint density at radius 3 is 2.44 bits per heavy atom. The molecular formula is C30H44ClN5O4S. The predicted octanol–water partition coefficient (Wildman–Crippen LogP) is 5.29. The van der Waals surface area contributed by atoms with Crippen LogP contribution in [-0.2, 0) is 11.3 Å². The lowest BCUT2D eigenvalue weighted by Crippen LogP contribution is -2.52. The van der Waals surface area contributed by atoms with Crippen LogP contribution in [0.3, 0.4) is 0 Å². The zero-order chi connectivity index (χ0) is 28.6. The lowest BCUT2D eigenvalue weighted by Gasteiger charge is -2.32. The number of nitrogens with zero attached hydrogens (tertiary/aromatic N) is 3. The highest BCUT2D eigenvalue weighted by atomic mass is 35.5. The van der Waals surface area contributed by atoms with Crippen LogP contribution in [0.25, 0.3) is 0 Å². The molecule has 2 aliphatic rings. The van der Waals surface area contributed by atoms with Gasteiger partial charge in [-0.05, 0) is 62.7 Å². The van der Waals surface area contributed by atoms with Gasteiger partial charge < -0.3 is 15.1 Å². The van der Waals surface area contributed by atoms with Crippen LogP contribution in [0.15, 0.2) is 33.9 Å². The Hall–Kier alpha value is -2.43. The van der Waals surface area contributed by atoms with Gasteiger partial charge in [-0.2, -0.15) is 0 Å². The normalized spacial score (nSPS) is 20.0. The maximum atomic E-state index is 13.6. The smallest absolute Gasteiger partial charge is 0.286 e. The van der Waals surface area contributed by atoms with E-state index in [-0.39, 0.29) is 53.1 Å². The Kier molecular flexibility index (Phi) is 12.7. The fourth-order valence-electron chi connectivity index (χ4n) is 5.61. The van der Waals surface area contributed by atoms with Gasteiger partial charge in [-0.15, -0.1) is 22.6 Å². The number of likely N-dealkylation sites (tertiary alicyclic amines) is 1. The summed E-state index contributed by atoms with van der Waals surface area (Å²) in [6, 6.07) is 6.67. The van der Waals surface area contributed by atoms with Gasteiger partial charge in [-0.25, -0.2) is 0 Å². The van der Waals surface area contributed by atoms with Gasteiger partial charge in [-0.1, -0.05) is 70.5 Å². The first-order valence-corrected chi connectivity index (χ1v) is 15.5. The average molecular weight is 606 g/mol. The first-order valence-electron chi connectivity index (χ1n) is 14.7. The molecule has 1 aliphatic heterocycles. The van der Waals surface area contributed by atoms with Crippen LogP contribution in [0.1, 0.15) is 99.2 Å². The Labute approximate surface area is 253 Å². The number of hydrogen-bond donors (Lipinski definition) is 2. The number of halogens is 1. The highest BCUT2D eigenvalue weighted by Crippen LogP contribution is 2.27. The lowest BCUT2D eigenvalue weighted by atomic mass is 9.83. The van der Waals surface area contributed by atoms with Gasteiger partial charge in [-0.3, -0.25) is 19.3 Å². The molecule has 0 bridgehead atoms. The number of nitrogens with one attached hydrogen (secondary N) is 2. The van der Waals surface area contributed by atoms with Crippen molar-refractivity contribution in [3.8, 4) is 0 Å². The molecule has 41 heavy (non-hydrogen) atoms. The number of amides is 2. The molecule has 4 rings (SSSR count). The predicted molar refractivity (Wildman–Crippen MR) is 162 cm³/mol. The number of hydrogen-bond acceptors (Lipinski definition) is 8. The molecule has 2 fully saturated rings. The maximum absolute atomic E-state index is 13.6. The Balaban J connectivity index is 0.00000462. The number of Topliss-reactive ketones (excluding diaryl/α,β-unsaturated/α-hetero) is 1. The topological polar surface area (TPSA) is 117 Å². The molecule has 2 amide bonds. The Bertz CT molecular complexity index is 1170. The SMILES string of the molecule is CC(C)CC(NC(=O)[C@@H]1CCCC[C@@H]1NC(=O)c1ccccc1CN1CCCC1)C(=O)c1nnc(SC(C)C)o1.Cl. The van der Waals surface area contributed by atoms with Gasteiger partial charge in [0.05, 0.1) is 12.0 Å². The van der Waals surface area contributed by atoms with E-state index in [2.05, 4.69) is 25.7 Å². The van der Waals surface area contributed by atoms with Crippen molar-refractivity contribution in [1.82, 2.24) is 25.7 Å². The monoisotopic (exact) mass is 605 g/mol. The number of carbonyl (C=O) groups is 3. The molecule has 1 unspecified atom stereocenters. The van der Waals surface area contributed by atoms with Crippen molar-refractivity contribution < 1.29 is 18.8 Å². The van der Waals surface area contributed by atoms with E-state index >= 15 is 0 Å². The van der Waals surface area contributed by atoms with Crippen LogP contribution in [-0.4, -0.2) is 63.1 Å². The van der Waals surface area contributed by atoms with Crippen molar-refractivity contribution in [2.24, 2.45) is 11.8 Å². The van der Waals surface area contributed by atoms with Gasteiger partial charge in [0.2, 0.25) is 11.7 Å². The second kappa shape index (κ2) is 15.7. The summed E-state index contributed by atoms with van der Waals surface area (Å²) in [4.78, 5) is 42.8. The van der Waals surface area contributed by atoms with Gasteiger partial charge >= 0.3 is 0 Å². The van der Waals surface area contributed by atoms with Crippen LogP contribution < -0.4 is 10.6 Å². The molecule has 1 saturated heterocycles. The fourth-order valence-corrected chi connectivity index (χ4v) is 6.23. The molecule has 1 aromatic carbocycles. The van der Waals surface area contributed by atoms with Gasteiger partial charge in [0.1, 0.15) is 0 Å². The van der Waals surface area contributed by atoms with Crippen LogP contribution in [0.5, 0.6) is 0 Å². The van der Waals surface area contributed by atoms with Crippen molar-refractivity contribution >= 4 is 41.8 Å². The van der Waals surface area contributed by atoms with Crippen LogP contribution in [0, 0.1) is 11.8 Å². The summed E-state index contributed by atoms with van der Waals surface area (Å²) in [5.74, 6) is -1.08. The van der Waals surface area contributed by atoms with Crippen LogP contribution in [0.4, 0.5) is 0 Å². The summed E-state index contributed by atoms with van der Waals surface area (Å²) < 4.78 is 5.61. The highest BCUT2D eigenvalue weighted by molar-refractivity contribution is 7.99. The van der Waals surface area contributed by atoms with Crippen molar-refractivity contribution in [3.63, 3.8) is 0 Å². The largest absolute Gasteiger partial charge is 0.408 e. The van der Waals surface area contributed by atoms with Crippen LogP contribution >= 0.6 is 24.2 Å². The zero-order valence-electron chi connectivity index (χ0n) is 24.6. The Morgan fingerprint density at radius 1 is 1.02 bits per heavy atom. The molecule has 9 nitrogen and oxygen atoms in total. The standard InChI is InChI=1S/C30H43N5O4S.ClH/c1-19(2)17-25(26(36)29-33-34-30(39-29)40-20(3)4)32-28(38)23-13-7-8-14-24(23)31-27(37)22-12-6-5-11-21(22)18-35-15-9-10-16-35;/h5-6,11-12,19-20,23-25H,7-10,13-18H2,1-4H3,(H,31,37)(H,32,38);1H/t23-,24+,25?;/m1./s1. The summed E-state index contributed by atoms with van der Waals surface area (Å²) in [5.41, 5.74) is 1.68. The summed E-state index contributed by atoms with van der Waals surface area (Å²) in [7, 11) is 0.